The van der Waals surface area contributed by atoms with Gasteiger partial charge in [0.15, 0.2) is 5.76 Å². The lowest BCUT2D eigenvalue weighted by molar-refractivity contribution is -0.114. The van der Waals surface area contributed by atoms with Crippen LogP contribution in [0, 0.1) is 0 Å². The Morgan fingerprint density at radius 1 is 1.26 bits per heavy atom. The normalized spacial score (nSPS) is 20.9. The molecule has 0 unspecified atom stereocenters. The number of carbonyl (C=O) groups excluding carboxylic acids is 1. The lowest BCUT2D eigenvalue weighted by atomic mass is 9.98. The van der Waals surface area contributed by atoms with E-state index in [4.69, 9.17) is 14.0 Å². The van der Waals surface area contributed by atoms with Crippen LogP contribution in [0.1, 0.15) is 29.0 Å². The van der Waals surface area contributed by atoms with E-state index < -0.39 is 12.2 Å². The van der Waals surface area contributed by atoms with E-state index in [2.05, 4.69) is 20.4 Å². The minimum absolute atomic E-state index is 0.129. The lowest BCUT2D eigenvalue weighted by Gasteiger charge is -2.33. The van der Waals surface area contributed by atoms with Gasteiger partial charge in [0.05, 0.1) is 31.2 Å². The summed E-state index contributed by atoms with van der Waals surface area (Å²) in [7, 11) is 1.62. The Labute approximate surface area is 179 Å². The first-order valence-corrected chi connectivity index (χ1v) is 10.1. The average Bonchev–Trinajstić information content (AvgIpc) is 3.28. The zero-order valence-electron chi connectivity index (χ0n) is 17.1. The number of rotatable bonds is 7. The van der Waals surface area contributed by atoms with Crippen LogP contribution in [0.25, 0.3) is 11.3 Å². The molecule has 0 bridgehead atoms. The van der Waals surface area contributed by atoms with E-state index in [1.54, 1.807) is 7.11 Å². The summed E-state index contributed by atoms with van der Waals surface area (Å²) >= 11 is 0. The summed E-state index contributed by atoms with van der Waals surface area (Å²) in [5, 5.41) is 17.2. The van der Waals surface area contributed by atoms with Crippen molar-refractivity contribution < 1.29 is 23.9 Å². The quantitative estimate of drug-likeness (QED) is 0.591. The molecule has 9 heteroatoms. The number of amides is 1. The number of aliphatic hydroxyl groups is 1. The number of benzene rings is 1. The van der Waals surface area contributed by atoms with Crippen LogP contribution in [0.15, 0.2) is 53.4 Å². The molecule has 2 aromatic heterocycles. The molecule has 31 heavy (non-hydrogen) atoms. The summed E-state index contributed by atoms with van der Waals surface area (Å²) in [5.41, 5.74) is 1.90. The Kier molecular flexibility index (Phi) is 6.54. The monoisotopic (exact) mass is 424 g/mol. The summed E-state index contributed by atoms with van der Waals surface area (Å²) in [6.45, 7) is 0.184. The largest absolute Gasteiger partial charge is 0.497 e. The molecule has 162 valence electrons. The van der Waals surface area contributed by atoms with Gasteiger partial charge in [0.1, 0.15) is 17.5 Å². The second kappa shape index (κ2) is 9.67. The molecule has 1 fully saturated rings. The number of aliphatic hydroxyl groups excluding tert-OH is 1. The van der Waals surface area contributed by atoms with Crippen molar-refractivity contribution in [1.82, 2.24) is 20.4 Å². The minimum Gasteiger partial charge on any atom is -0.497 e. The van der Waals surface area contributed by atoms with E-state index in [1.807, 2.05) is 30.3 Å². The average molecular weight is 424 g/mol. The lowest BCUT2D eigenvalue weighted by Crippen LogP contribution is -2.46. The summed E-state index contributed by atoms with van der Waals surface area (Å²) in [4.78, 5) is 20.0. The van der Waals surface area contributed by atoms with Gasteiger partial charge in [0, 0.05) is 37.0 Å². The molecule has 4 rings (SSSR count). The summed E-state index contributed by atoms with van der Waals surface area (Å²) in [5.74, 6) is 1.09. The zero-order chi connectivity index (χ0) is 21.6. The summed E-state index contributed by atoms with van der Waals surface area (Å²) in [6, 6.07) is 9.44. The summed E-state index contributed by atoms with van der Waals surface area (Å²) in [6.07, 6.45) is 4.89. The van der Waals surface area contributed by atoms with Gasteiger partial charge in [0.2, 0.25) is 0 Å². The van der Waals surface area contributed by atoms with Crippen LogP contribution in [0.4, 0.5) is 0 Å². The van der Waals surface area contributed by atoms with Crippen molar-refractivity contribution in [2.45, 2.75) is 37.6 Å². The van der Waals surface area contributed by atoms with Gasteiger partial charge < -0.3 is 24.4 Å². The molecule has 1 aliphatic heterocycles. The van der Waals surface area contributed by atoms with Gasteiger partial charge in [0.25, 0.3) is 5.91 Å². The van der Waals surface area contributed by atoms with Crippen molar-refractivity contribution >= 4 is 5.91 Å². The highest BCUT2D eigenvalue weighted by Gasteiger charge is 2.31. The predicted octanol–water partition coefficient (Wildman–Crippen LogP) is 2.02. The molecule has 1 aliphatic rings. The standard InChI is InChI=1S/C22H24N4O5/c1-29-16-4-2-14(3-5-16)20-11-15(26-31-20)10-17-6-7-19(27)21(30-17)13-25-22(28)18-12-23-8-9-24-18/h2-5,8-9,11-12,17,19,21,27H,6-7,10,13H2,1H3,(H,25,28)/t17-,19-,21+/m0/s1. The highest BCUT2D eigenvalue weighted by atomic mass is 16.5. The molecule has 1 amide bonds. The molecule has 3 atom stereocenters. The van der Waals surface area contributed by atoms with Gasteiger partial charge in [-0.15, -0.1) is 0 Å². The highest BCUT2D eigenvalue weighted by Crippen LogP contribution is 2.26. The number of methoxy groups -OCH3 is 1. The molecule has 0 saturated carbocycles. The first-order valence-electron chi connectivity index (χ1n) is 10.1. The zero-order valence-corrected chi connectivity index (χ0v) is 17.1. The molecule has 9 nitrogen and oxygen atoms in total. The van der Waals surface area contributed by atoms with Gasteiger partial charge in [-0.3, -0.25) is 9.78 Å². The molecule has 0 aliphatic carbocycles. The van der Waals surface area contributed by atoms with Crippen LogP contribution in [0.5, 0.6) is 5.75 Å². The number of hydrogen-bond donors (Lipinski definition) is 2. The van der Waals surface area contributed by atoms with Crippen molar-refractivity contribution in [2.75, 3.05) is 13.7 Å². The number of aromatic nitrogens is 3. The Morgan fingerprint density at radius 2 is 2.10 bits per heavy atom. The van der Waals surface area contributed by atoms with Crippen LogP contribution in [-0.4, -0.2) is 58.1 Å². The van der Waals surface area contributed by atoms with Gasteiger partial charge >= 0.3 is 0 Å². The fourth-order valence-corrected chi connectivity index (χ4v) is 3.52. The Hall–Kier alpha value is -3.30. The Morgan fingerprint density at radius 3 is 2.84 bits per heavy atom. The number of nitrogens with one attached hydrogen (secondary N) is 1. The SMILES string of the molecule is COc1ccc(-c2cc(C[C@@H]3CC[C@H](O)[C@@H](CNC(=O)c4cnccn4)O3)no2)cc1. The fourth-order valence-electron chi connectivity index (χ4n) is 3.52. The Bertz CT molecular complexity index is 993. The third kappa shape index (κ3) is 5.25. The third-order valence-corrected chi connectivity index (χ3v) is 5.21. The van der Waals surface area contributed by atoms with Crippen LogP contribution in [-0.2, 0) is 11.2 Å². The van der Waals surface area contributed by atoms with E-state index in [-0.39, 0.29) is 24.2 Å². The molecule has 3 heterocycles. The second-order valence-electron chi connectivity index (χ2n) is 7.36. The molecule has 2 N–H and O–H groups in total. The smallest absolute Gasteiger partial charge is 0.271 e. The first-order chi connectivity index (χ1) is 15.1. The number of nitrogens with zero attached hydrogens (tertiary/aromatic N) is 3. The molecule has 1 saturated heterocycles. The first kappa shape index (κ1) is 21.0. The third-order valence-electron chi connectivity index (χ3n) is 5.21. The Balaban J connectivity index is 1.33. The van der Waals surface area contributed by atoms with Crippen molar-refractivity contribution in [3.63, 3.8) is 0 Å². The van der Waals surface area contributed by atoms with Crippen LogP contribution >= 0.6 is 0 Å². The van der Waals surface area contributed by atoms with Crippen molar-refractivity contribution in [3.05, 3.63) is 60.3 Å². The molecule has 1 aromatic carbocycles. The molecular weight excluding hydrogens is 400 g/mol. The molecule has 0 radical (unpaired) electrons. The topological polar surface area (TPSA) is 120 Å². The maximum absolute atomic E-state index is 12.2. The van der Waals surface area contributed by atoms with E-state index in [1.165, 1.54) is 18.6 Å². The molecule has 0 spiro atoms. The van der Waals surface area contributed by atoms with Crippen LogP contribution in [0.3, 0.4) is 0 Å². The maximum Gasteiger partial charge on any atom is 0.271 e. The summed E-state index contributed by atoms with van der Waals surface area (Å²) < 4.78 is 16.7. The predicted molar refractivity (Wildman–Crippen MR) is 110 cm³/mol. The van der Waals surface area contributed by atoms with E-state index in [0.29, 0.717) is 25.0 Å². The van der Waals surface area contributed by atoms with Crippen LogP contribution in [0.2, 0.25) is 0 Å². The van der Waals surface area contributed by atoms with E-state index in [9.17, 15) is 9.90 Å². The number of carbonyl (C=O) groups is 1. The fraction of sp³-hybridized carbons (Fsp3) is 0.364. The van der Waals surface area contributed by atoms with Gasteiger partial charge in [-0.25, -0.2) is 4.98 Å². The van der Waals surface area contributed by atoms with Crippen molar-refractivity contribution in [3.8, 4) is 17.1 Å². The molecular formula is C22H24N4O5. The van der Waals surface area contributed by atoms with Gasteiger partial charge in [-0.05, 0) is 37.1 Å². The van der Waals surface area contributed by atoms with Crippen molar-refractivity contribution in [2.24, 2.45) is 0 Å². The van der Waals surface area contributed by atoms with E-state index in [0.717, 1.165) is 17.0 Å². The maximum atomic E-state index is 12.2. The van der Waals surface area contributed by atoms with Gasteiger partial charge in [-0.1, -0.05) is 5.16 Å². The highest BCUT2D eigenvalue weighted by molar-refractivity contribution is 5.91. The van der Waals surface area contributed by atoms with E-state index >= 15 is 0 Å². The second-order valence-corrected chi connectivity index (χ2v) is 7.36. The van der Waals surface area contributed by atoms with Gasteiger partial charge in [-0.2, -0.15) is 0 Å². The van der Waals surface area contributed by atoms with Crippen LogP contribution < -0.4 is 10.1 Å². The number of hydrogen-bond acceptors (Lipinski definition) is 8. The minimum atomic E-state index is -0.648. The van der Waals surface area contributed by atoms with Crippen molar-refractivity contribution in [1.29, 1.82) is 0 Å². The number of ether oxygens (including phenoxy) is 2. The molecule has 3 aromatic rings.